The first kappa shape index (κ1) is 12.4. The quantitative estimate of drug-likeness (QED) is 0.922. The molecule has 2 aromatic rings. The number of rotatable bonds is 4. The van der Waals surface area contributed by atoms with E-state index in [4.69, 9.17) is 10.5 Å². The van der Waals surface area contributed by atoms with Crippen LogP contribution in [0.4, 0.5) is 5.13 Å². The van der Waals surface area contributed by atoms with Gasteiger partial charge in [0, 0.05) is 43.1 Å². The summed E-state index contributed by atoms with van der Waals surface area (Å²) in [6.45, 7) is 2.90. The average Bonchev–Trinajstić information content (AvgIpc) is 3.01. The van der Waals surface area contributed by atoms with E-state index in [1.54, 1.807) is 23.7 Å². The molecule has 0 aromatic carbocycles. The lowest BCUT2D eigenvalue weighted by molar-refractivity contribution is 0.198. The first-order chi connectivity index (χ1) is 9.29. The lowest BCUT2D eigenvalue weighted by Crippen LogP contribution is -2.24. The lowest BCUT2D eigenvalue weighted by Gasteiger charge is -2.15. The maximum absolute atomic E-state index is 5.93. The van der Waals surface area contributed by atoms with Crippen LogP contribution < -0.4 is 10.5 Å². The van der Waals surface area contributed by atoms with E-state index in [-0.39, 0.29) is 6.10 Å². The summed E-state index contributed by atoms with van der Waals surface area (Å²) in [5.74, 6) is 0.892. The van der Waals surface area contributed by atoms with E-state index in [0.717, 1.165) is 31.8 Å². The average molecular weight is 276 g/mol. The number of nitrogens with two attached hydrogens (primary N) is 1. The lowest BCUT2D eigenvalue weighted by atomic mass is 10.3. The first-order valence-corrected chi connectivity index (χ1v) is 7.10. The van der Waals surface area contributed by atoms with Crippen molar-refractivity contribution in [2.24, 2.45) is 0 Å². The fourth-order valence-electron chi connectivity index (χ4n) is 2.26. The standard InChI is InChI=1S/C13H16N4OS/c14-13-16-7-12(19-13)9-17-6-3-11(8-17)18-10-1-4-15-5-2-10/h1-2,4-5,7,11H,3,6,8-9H2,(H2,14,16)/t11-/m1/s1. The van der Waals surface area contributed by atoms with Crippen LogP contribution in [0.5, 0.6) is 5.75 Å². The second kappa shape index (κ2) is 5.54. The molecule has 0 bridgehead atoms. The van der Waals surface area contributed by atoms with Crippen molar-refractivity contribution in [3.05, 3.63) is 35.6 Å². The van der Waals surface area contributed by atoms with E-state index in [9.17, 15) is 0 Å². The molecule has 0 unspecified atom stereocenters. The first-order valence-electron chi connectivity index (χ1n) is 6.29. The van der Waals surface area contributed by atoms with Gasteiger partial charge in [-0.3, -0.25) is 9.88 Å². The number of likely N-dealkylation sites (tertiary alicyclic amines) is 1. The van der Waals surface area contributed by atoms with Crippen LogP contribution in [0.1, 0.15) is 11.3 Å². The summed E-state index contributed by atoms with van der Waals surface area (Å²) >= 11 is 1.56. The molecule has 100 valence electrons. The Morgan fingerprint density at radius 3 is 3.00 bits per heavy atom. The number of pyridine rings is 1. The Hall–Kier alpha value is -1.66. The van der Waals surface area contributed by atoms with Crippen molar-refractivity contribution in [2.75, 3.05) is 18.8 Å². The number of nitrogens with zero attached hydrogens (tertiary/aromatic N) is 3. The number of thiazole rings is 1. The summed E-state index contributed by atoms with van der Waals surface area (Å²) in [6.07, 6.45) is 6.67. The molecule has 1 atom stereocenters. The molecule has 0 aliphatic carbocycles. The molecular weight excluding hydrogens is 260 g/mol. The topological polar surface area (TPSA) is 64.3 Å². The van der Waals surface area contributed by atoms with Gasteiger partial charge in [0.05, 0.1) is 0 Å². The zero-order valence-corrected chi connectivity index (χ0v) is 11.3. The molecular formula is C13H16N4OS. The molecule has 2 N–H and O–H groups in total. The highest BCUT2D eigenvalue weighted by Gasteiger charge is 2.24. The minimum Gasteiger partial charge on any atom is -0.489 e. The largest absolute Gasteiger partial charge is 0.489 e. The number of nitrogen functional groups attached to an aromatic ring is 1. The Kier molecular flexibility index (Phi) is 3.61. The second-order valence-electron chi connectivity index (χ2n) is 4.61. The third kappa shape index (κ3) is 3.21. The zero-order chi connectivity index (χ0) is 13.1. The van der Waals surface area contributed by atoms with Crippen molar-refractivity contribution in [1.82, 2.24) is 14.9 Å². The van der Waals surface area contributed by atoms with Crippen LogP contribution in [0.2, 0.25) is 0 Å². The predicted molar refractivity (Wildman–Crippen MR) is 75.1 cm³/mol. The van der Waals surface area contributed by atoms with Crippen molar-refractivity contribution in [3.8, 4) is 5.75 Å². The van der Waals surface area contributed by atoms with Gasteiger partial charge in [-0.05, 0) is 18.6 Å². The Morgan fingerprint density at radius 2 is 2.26 bits per heavy atom. The molecule has 1 aliphatic rings. The van der Waals surface area contributed by atoms with Crippen molar-refractivity contribution >= 4 is 16.5 Å². The number of hydrogen-bond donors (Lipinski definition) is 1. The molecule has 0 spiro atoms. The number of aromatic nitrogens is 2. The highest BCUT2D eigenvalue weighted by Crippen LogP contribution is 2.22. The predicted octanol–water partition coefficient (Wildman–Crippen LogP) is 1.77. The number of anilines is 1. The van der Waals surface area contributed by atoms with Crippen LogP contribution in [0, 0.1) is 0 Å². The van der Waals surface area contributed by atoms with Gasteiger partial charge in [-0.2, -0.15) is 0 Å². The third-order valence-corrected chi connectivity index (χ3v) is 3.94. The molecule has 1 saturated heterocycles. The fraction of sp³-hybridized carbons (Fsp3) is 0.385. The SMILES string of the molecule is Nc1ncc(CN2CC[C@@H](Oc3ccncc3)C2)s1. The summed E-state index contributed by atoms with van der Waals surface area (Å²) in [5.41, 5.74) is 5.64. The van der Waals surface area contributed by atoms with Gasteiger partial charge in [-0.15, -0.1) is 11.3 Å². The molecule has 6 heteroatoms. The smallest absolute Gasteiger partial charge is 0.180 e. The summed E-state index contributed by atoms with van der Waals surface area (Å²) in [7, 11) is 0. The highest BCUT2D eigenvalue weighted by atomic mass is 32.1. The Bertz CT molecular complexity index is 530. The summed E-state index contributed by atoms with van der Waals surface area (Å²) in [5, 5.41) is 0.638. The molecule has 0 amide bonds. The minimum atomic E-state index is 0.257. The summed E-state index contributed by atoms with van der Waals surface area (Å²) in [6, 6.07) is 3.79. The monoisotopic (exact) mass is 276 g/mol. The summed E-state index contributed by atoms with van der Waals surface area (Å²) in [4.78, 5) is 11.6. The van der Waals surface area contributed by atoms with Gasteiger partial charge in [0.2, 0.25) is 0 Å². The fourth-order valence-corrected chi connectivity index (χ4v) is 2.99. The molecule has 1 fully saturated rings. The second-order valence-corrected chi connectivity index (χ2v) is 5.76. The van der Waals surface area contributed by atoms with E-state index in [2.05, 4.69) is 14.9 Å². The van der Waals surface area contributed by atoms with Gasteiger partial charge in [0.15, 0.2) is 5.13 Å². The van der Waals surface area contributed by atoms with Crippen LogP contribution >= 0.6 is 11.3 Å². The minimum absolute atomic E-state index is 0.257. The van der Waals surface area contributed by atoms with Crippen LogP contribution in [-0.2, 0) is 6.54 Å². The Labute approximate surface area is 116 Å². The third-order valence-electron chi connectivity index (χ3n) is 3.13. The van der Waals surface area contributed by atoms with Crippen LogP contribution in [0.25, 0.3) is 0 Å². The van der Waals surface area contributed by atoms with E-state index in [1.807, 2.05) is 18.3 Å². The molecule has 1 aliphatic heterocycles. The van der Waals surface area contributed by atoms with Gasteiger partial charge in [0.1, 0.15) is 11.9 Å². The van der Waals surface area contributed by atoms with Crippen molar-refractivity contribution in [2.45, 2.75) is 19.1 Å². The molecule has 0 saturated carbocycles. The Balaban J connectivity index is 1.53. The van der Waals surface area contributed by atoms with Crippen LogP contribution in [0.3, 0.4) is 0 Å². The molecule has 0 radical (unpaired) electrons. The van der Waals surface area contributed by atoms with E-state index >= 15 is 0 Å². The van der Waals surface area contributed by atoms with Crippen molar-refractivity contribution in [3.63, 3.8) is 0 Å². The molecule has 5 nitrogen and oxygen atoms in total. The number of ether oxygens (including phenoxy) is 1. The highest BCUT2D eigenvalue weighted by molar-refractivity contribution is 7.15. The molecule has 2 aromatic heterocycles. The van der Waals surface area contributed by atoms with Gasteiger partial charge < -0.3 is 10.5 Å². The maximum atomic E-state index is 5.93. The van der Waals surface area contributed by atoms with Gasteiger partial charge in [-0.25, -0.2) is 4.98 Å². The Morgan fingerprint density at radius 1 is 1.42 bits per heavy atom. The van der Waals surface area contributed by atoms with Crippen molar-refractivity contribution in [1.29, 1.82) is 0 Å². The van der Waals surface area contributed by atoms with E-state index in [0.29, 0.717) is 5.13 Å². The van der Waals surface area contributed by atoms with E-state index < -0.39 is 0 Å². The molecule has 3 heterocycles. The summed E-state index contributed by atoms with van der Waals surface area (Å²) < 4.78 is 5.93. The van der Waals surface area contributed by atoms with Gasteiger partial charge in [-0.1, -0.05) is 0 Å². The maximum Gasteiger partial charge on any atom is 0.180 e. The zero-order valence-electron chi connectivity index (χ0n) is 10.5. The van der Waals surface area contributed by atoms with Gasteiger partial charge >= 0.3 is 0 Å². The van der Waals surface area contributed by atoms with E-state index in [1.165, 1.54) is 4.88 Å². The molecule has 3 rings (SSSR count). The number of hydrogen-bond acceptors (Lipinski definition) is 6. The molecule has 19 heavy (non-hydrogen) atoms. The van der Waals surface area contributed by atoms with Crippen molar-refractivity contribution < 1.29 is 4.74 Å². The van der Waals surface area contributed by atoms with Gasteiger partial charge in [0.25, 0.3) is 0 Å². The normalized spacial score (nSPS) is 19.7. The van der Waals surface area contributed by atoms with Crippen LogP contribution in [-0.4, -0.2) is 34.1 Å². The van der Waals surface area contributed by atoms with Crippen LogP contribution in [0.15, 0.2) is 30.7 Å².